The lowest BCUT2D eigenvalue weighted by molar-refractivity contribution is 0.970. The van der Waals surface area contributed by atoms with Crippen LogP contribution in [0.3, 0.4) is 0 Å². The van der Waals surface area contributed by atoms with Gasteiger partial charge in [-0.2, -0.15) is 0 Å². The zero-order valence-electron chi connectivity index (χ0n) is 9.91. The fourth-order valence-electron chi connectivity index (χ4n) is 1.99. The number of nitrogens with two attached hydrogens (primary N) is 1. The van der Waals surface area contributed by atoms with Gasteiger partial charge < -0.3 is 5.73 Å². The molecule has 0 spiro atoms. The quantitative estimate of drug-likeness (QED) is 0.874. The molecule has 0 unspecified atom stereocenters. The Morgan fingerprint density at radius 1 is 1.06 bits per heavy atom. The minimum Gasteiger partial charge on any atom is -0.330 e. The second-order valence-corrected chi connectivity index (χ2v) is 4.59. The molecule has 0 saturated carbocycles. The van der Waals surface area contributed by atoms with Crippen molar-refractivity contribution in [3.63, 3.8) is 0 Å². The van der Waals surface area contributed by atoms with E-state index in [9.17, 15) is 0 Å². The van der Waals surface area contributed by atoms with Crippen molar-refractivity contribution in [1.29, 1.82) is 0 Å². The van der Waals surface area contributed by atoms with Crippen LogP contribution >= 0.6 is 11.6 Å². The molecule has 2 N–H and O–H groups in total. The summed E-state index contributed by atoms with van der Waals surface area (Å²) in [5.41, 5.74) is 10.4. The predicted molar refractivity (Wildman–Crippen MR) is 74.4 cm³/mol. The summed E-state index contributed by atoms with van der Waals surface area (Å²) in [7, 11) is 0. The molecule has 0 atom stereocenters. The number of benzene rings is 2. The van der Waals surface area contributed by atoms with Crippen molar-refractivity contribution in [1.82, 2.24) is 0 Å². The lowest BCUT2D eigenvalue weighted by Gasteiger charge is -2.11. The molecule has 17 heavy (non-hydrogen) atoms. The van der Waals surface area contributed by atoms with Crippen molar-refractivity contribution < 1.29 is 0 Å². The molecule has 0 saturated heterocycles. The van der Waals surface area contributed by atoms with Gasteiger partial charge in [0.25, 0.3) is 0 Å². The molecule has 0 bridgehead atoms. The van der Waals surface area contributed by atoms with Gasteiger partial charge in [0.2, 0.25) is 0 Å². The largest absolute Gasteiger partial charge is 0.330 e. The molecule has 0 amide bonds. The minimum absolute atomic E-state index is 0.653. The summed E-state index contributed by atoms with van der Waals surface area (Å²) in [6.45, 7) is 2.74. The van der Waals surface area contributed by atoms with E-state index in [2.05, 4.69) is 31.2 Å². The molecular formula is C15H16ClN. The van der Waals surface area contributed by atoms with E-state index in [1.165, 1.54) is 16.7 Å². The maximum Gasteiger partial charge on any atom is 0.0484 e. The summed E-state index contributed by atoms with van der Waals surface area (Å²) in [5.74, 6) is 0. The Morgan fingerprint density at radius 3 is 2.53 bits per heavy atom. The summed E-state index contributed by atoms with van der Waals surface area (Å²) in [5, 5.41) is 0.788. The molecule has 0 fully saturated rings. The third kappa shape index (κ3) is 2.68. The molecule has 2 rings (SSSR count). The van der Waals surface area contributed by atoms with Crippen molar-refractivity contribution in [3.05, 3.63) is 58.6 Å². The fourth-order valence-corrected chi connectivity index (χ4v) is 2.23. The molecule has 2 heteroatoms. The number of hydrogen-bond donors (Lipinski definition) is 1. The van der Waals surface area contributed by atoms with Crippen molar-refractivity contribution in [2.45, 2.75) is 13.3 Å². The minimum atomic E-state index is 0.653. The zero-order valence-corrected chi connectivity index (χ0v) is 10.7. The number of halogens is 1. The van der Waals surface area contributed by atoms with E-state index in [0.717, 1.165) is 17.0 Å². The van der Waals surface area contributed by atoms with Gasteiger partial charge in [0.05, 0.1) is 0 Å². The van der Waals surface area contributed by atoms with Gasteiger partial charge >= 0.3 is 0 Å². The van der Waals surface area contributed by atoms with Crippen LogP contribution in [0, 0.1) is 6.92 Å². The van der Waals surface area contributed by atoms with Crippen molar-refractivity contribution in [3.8, 4) is 11.1 Å². The average Bonchev–Trinajstić information content (AvgIpc) is 2.32. The van der Waals surface area contributed by atoms with Crippen LogP contribution in [-0.4, -0.2) is 6.54 Å². The molecule has 0 aliphatic rings. The summed E-state index contributed by atoms with van der Waals surface area (Å²) < 4.78 is 0. The number of hydrogen-bond acceptors (Lipinski definition) is 1. The van der Waals surface area contributed by atoms with Gasteiger partial charge in [0.1, 0.15) is 0 Å². The van der Waals surface area contributed by atoms with Crippen LogP contribution in [0.4, 0.5) is 0 Å². The van der Waals surface area contributed by atoms with Crippen molar-refractivity contribution in [2.24, 2.45) is 5.73 Å². The topological polar surface area (TPSA) is 26.0 Å². The van der Waals surface area contributed by atoms with Gasteiger partial charge in [-0.3, -0.25) is 0 Å². The Bertz CT molecular complexity index is 520. The lowest BCUT2D eigenvalue weighted by Crippen LogP contribution is -2.04. The van der Waals surface area contributed by atoms with E-state index < -0.39 is 0 Å². The van der Waals surface area contributed by atoms with Gasteiger partial charge in [-0.05, 0) is 37.1 Å². The van der Waals surface area contributed by atoms with Crippen molar-refractivity contribution in [2.75, 3.05) is 6.54 Å². The van der Waals surface area contributed by atoms with Crippen LogP contribution in [0.25, 0.3) is 11.1 Å². The highest BCUT2D eigenvalue weighted by molar-refractivity contribution is 6.33. The van der Waals surface area contributed by atoms with Gasteiger partial charge in [0, 0.05) is 10.6 Å². The highest BCUT2D eigenvalue weighted by Gasteiger charge is 2.07. The molecule has 0 radical (unpaired) electrons. The standard InChI is InChI=1S/C15H16ClN/c1-11-6-7-12(8-9-17)14(10-11)13-4-2-3-5-15(13)16/h2-7,10H,8-9,17H2,1H3. The maximum atomic E-state index is 6.25. The summed E-state index contributed by atoms with van der Waals surface area (Å²) in [6, 6.07) is 14.4. The molecule has 0 aliphatic heterocycles. The number of aryl methyl sites for hydroxylation is 1. The van der Waals surface area contributed by atoms with E-state index in [1.54, 1.807) is 0 Å². The summed E-state index contributed by atoms with van der Waals surface area (Å²) in [4.78, 5) is 0. The van der Waals surface area contributed by atoms with E-state index in [4.69, 9.17) is 17.3 Å². The molecule has 0 aromatic heterocycles. The van der Waals surface area contributed by atoms with E-state index in [0.29, 0.717) is 6.54 Å². The predicted octanol–water partition coefficient (Wildman–Crippen LogP) is 3.82. The Balaban J connectivity index is 2.57. The van der Waals surface area contributed by atoms with Crippen LogP contribution in [0.2, 0.25) is 5.02 Å². The van der Waals surface area contributed by atoms with Crippen LogP contribution in [0.15, 0.2) is 42.5 Å². The summed E-state index contributed by atoms with van der Waals surface area (Å²) >= 11 is 6.25. The van der Waals surface area contributed by atoms with Crippen LogP contribution in [0.1, 0.15) is 11.1 Å². The van der Waals surface area contributed by atoms with Crippen molar-refractivity contribution >= 4 is 11.6 Å². The monoisotopic (exact) mass is 245 g/mol. The first kappa shape index (κ1) is 12.2. The van der Waals surface area contributed by atoms with Crippen LogP contribution in [-0.2, 0) is 6.42 Å². The van der Waals surface area contributed by atoms with Crippen LogP contribution in [0.5, 0.6) is 0 Å². The lowest BCUT2D eigenvalue weighted by atomic mass is 9.96. The van der Waals surface area contributed by atoms with Crippen LogP contribution < -0.4 is 5.73 Å². The Hall–Kier alpha value is -1.31. The molecule has 2 aromatic rings. The average molecular weight is 246 g/mol. The van der Waals surface area contributed by atoms with E-state index in [-0.39, 0.29) is 0 Å². The Labute approximate surface area is 107 Å². The smallest absolute Gasteiger partial charge is 0.0484 e. The number of rotatable bonds is 3. The van der Waals surface area contributed by atoms with Gasteiger partial charge in [-0.1, -0.05) is 53.6 Å². The Morgan fingerprint density at radius 2 is 1.82 bits per heavy atom. The normalized spacial score (nSPS) is 10.5. The Kier molecular flexibility index (Phi) is 3.82. The SMILES string of the molecule is Cc1ccc(CCN)c(-c2ccccc2Cl)c1. The molecular weight excluding hydrogens is 230 g/mol. The molecule has 0 aliphatic carbocycles. The third-order valence-electron chi connectivity index (χ3n) is 2.84. The summed E-state index contributed by atoms with van der Waals surface area (Å²) in [6.07, 6.45) is 0.876. The fraction of sp³-hybridized carbons (Fsp3) is 0.200. The van der Waals surface area contributed by atoms with E-state index >= 15 is 0 Å². The molecule has 1 nitrogen and oxygen atoms in total. The third-order valence-corrected chi connectivity index (χ3v) is 3.17. The first-order valence-corrected chi connectivity index (χ1v) is 6.14. The molecule has 88 valence electrons. The first-order valence-electron chi connectivity index (χ1n) is 5.77. The van der Waals surface area contributed by atoms with E-state index in [1.807, 2.05) is 18.2 Å². The highest BCUT2D eigenvalue weighted by atomic mass is 35.5. The second-order valence-electron chi connectivity index (χ2n) is 4.18. The maximum absolute atomic E-state index is 6.25. The van der Waals surface area contributed by atoms with Gasteiger partial charge in [-0.25, -0.2) is 0 Å². The van der Waals surface area contributed by atoms with Gasteiger partial charge in [0.15, 0.2) is 0 Å². The highest BCUT2D eigenvalue weighted by Crippen LogP contribution is 2.31. The molecule has 2 aromatic carbocycles. The van der Waals surface area contributed by atoms with Gasteiger partial charge in [-0.15, -0.1) is 0 Å². The second kappa shape index (κ2) is 5.35. The zero-order chi connectivity index (χ0) is 12.3. The first-order chi connectivity index (χ1) is 8.22. The molecule has 0 heterocycles.